The van der Waals surface area contributed by atoms with Gasteiger partial charge in [-0.15, -0.1) is 0 Å². The molecule has 0 radical (unpaired) electrons. The van der Waals surface area contributed by atoms with Gasteiger partial charge in [-0.2, -0.15) is 13.2 Å². The van der Waals surface area contributed by atoms with Crippen molar-refractivity contribution in [3.63, 3.8) is 0 Å². The van der Waals surface area contributed by atoms with Gasteiger partial charge in [-0.1, -0.05) is 0 Å². The summed E-state index contributed by atoms with van der Waals surface area (Å²) in [6.07, 6.45) is -2.31. The first-order valence-corrected chi connectivity index (χ1v) is 7.25. The third kappa shape index (κ3) is 4.87. The van der Waals surface area contributed by atoms with E-state index in [0.29, 0.717) is 29.7 Å². The molecule has 0 aromatic carbocycles. The second kappa shape index (κ2) is 6.64. The Morgan fingerprint density at radius 3 is 2.95 bits per heavy atom. The number of ether oxygens (including phenoxy) is 1. The van der Waals surface area contributed by atoms with Crippen LogP contribution in [0.5, 0.6) is 5.75 Å². The monoisotopic (exact) mass is 366 g/mol. The molecule has 1 amide bonds. The molecule has 0 N–H and O–H groups in total. The maximum atomic E-state index is 12.1. The largest absolute Gasteiger partial charge is 0.487 e. The summed E-state index contributed by atoms with van der Waals surface area (Å²) in [6, 6.07) is 1.69. The number of hydrogen-bond donors (Lipinski definition) is 0. The zero-order valence-corrected chi connectivity index (χ0v) is 12.7. The van der Waals surface area contributed by atoms with Crippen LogP contribution in [0.2, 0.25) is 0 Å². The van der Waals surface area contributed by atoms with Crippen LogP contribution in [0.25, 0.3) is 0 Å². The van der Waals surface area contributed by atoms with Crippen molar-refractivity contribution < 1.29 is 22.7 Å². The van der Waals surface area contributed by atoms with E-state index in [4.69, 9.17) is 4.74 Å². The van der Waals surface area contributed by atoms with Gasteiger partial charge in [0.05, 0.1) is 17.4 Å². The van der Waals surface area contributed by atoms with Crippen molar-refractivity contribution in [2.75, 3.05) is 13.1 Å². The quantitative estimate of drug-likeness (QED) is 0.821. The van der Waals surface area contributed by atoms with Crippen LogP contribution in [0.4, 0.5) is 13.2 Å². The Balaban J connectivity index is 1.83. The van der Waals surface area contributed by atoms with Crippen molar-refractivity contribution in [2.24, 2.45) is 0 Å². The van der Waals surface area contributed by atoms with Crippen LogP contribution < -0.4 is 4.74 Å². The van der Waals surface area contributed by atoms with Gasteiger partial charge in [-0.25, -0.2) is 0 Å². The SMILES string of the molecule is O=C(CCC(F)(F)F)N1CCC(Oc2ccncc2Br)C1. The van der Waals surface area contributed by atoms with Crippen molar-refractivity contribution in [1.29, 1.82) is 0 Å². The lowest BCUT2D eigenvalue weighted by Gasteiger charge is -2.18. The minimum absolute atomic E-state index is 0.210. The van der Waals surface area contributed by atoms with E-state index in [9.17, 15) is 18.0 Å². The summed E-state index contributed by atoms with van der Waals surface area (Å²) < 4.78 is 42.7. The molecule has 1 unspecified atom stereocenters. The molecule has 4 nitrogen and oxygen atoms in total. The first-order chi connectivity index (χ1) is 9.85. The summed E-state index contributed by atoms with van der Waals surface area (Å²) in [4.78, 5) is 17.0. The van der Waals surface area contributed by atoms with Crippen molar-refractivity contribution in [3.8, 4) is 5.75 Å². The van der Waals surface area contributed by atoms with Crippen LogP contribution in [-0.2, 0) is 4.79 Å². The Morgan fingerprint density at radius 2 is 2.29 bits per heavy atom. The van der Waals surface area contributed by atoms with Crippen LogP contribution in [-0.4, -0.2) is 41.2 Å². The number of nitrogens with zero attached hydrogens (tertiary/aromatic N) is 2. The highest BCUT2D eigenvalue weighted by Gasteiger charge is 2.32. The van der Waals surface area contributed by atoms with E-state index in [-0.39, 0.29) is 6.10 Å². The molecule has 1 saturated heterocycles. The van der Waals surface area contributed by atoms with Crippen LogP contribution in [0, 0.1) is 0 Å². The number of likely N-dealkylation sites (tertiary alicyclic amines) is 1. The minimum Gasteiger partial charge on any atom is -0.487 e. The summed E-state index contributed by atoms with van der Waals surface area (Å²) in [5.74, 6) is 0.131. The maximum absolute atomic E-state index is 12.1. The molecule has 2 rings (SSSR count). The number of rotatable bonds is 4. The van der Waals surface area contributed by atoms with Crippen molar-refractivity contribution >= 4 is 21.8 Å². The molecule has 0 saturated carbocycles. The Labute approximate surface area is 128 Å². The third-order valence-electron chi connectivity index (χ3n) is 3.15. The Morgan fingerprint density at radius 1 is 1.52 bits per heavy atom. The van der Waals surface area contributed by atoms with Crippen molar-refractivity contribution in [2.45, 2.75) is 31.5 Å². The third-order valence-corrected chi connectivity index (χ3v) is 3.74. The summed E-state index contributed by atoms with van der Waals surface area (Å²) in [5.41, 5.74) is 0. The number of carbonyl (C=O) groups is 1. The summed E-state index contributed by atoms with van der Waals surface area (Å²) in [6.45, 7) is 0.732. The first kappa shape index (κ1) is 16.1. The Kier molecular flexibility index (Phi) is 5.08. The van der Waals surface area contributed by atoms with E-state index in [2.05, 4.69) is 20.9 Å². The number of aromatic nitrogens is 1. The predicted molar refractivity (Wildman–Crippen MR) is 72.8 cm³/mol. The highest BCUT2D eigenvalue weighted by Crippen LogP contribution is 2.27. The predicted octanol–water partition coefficient (Wildman–Crippen LogP) is 3.17. The molecule has 1 aliphatic rings. The first-order valence-electron chi connectivity index (χ1n) is 6.46. The molecule has 1 atom stereocenters. The zero-order chi connectivity index (χ0) is 15.5. The fourth-order valence-electron chi connectivity index (χ4n) is 2.10. The molecule has 1 fully saturated rings. The molecule has 1 aromatic heterocycles. The van der Waals surface area contributed by atoms with Crippen molar-refractivity contribution in [3.05, 3.63) is 22.9 Å². The lowest BCUT2D eigenvalue weighted by atomic mass is 10.3. The Hall–Kier alpha value is -1.31. The molecule has 1 aliphatic heterocycles. The molecule has 2 heterocycles. The molecule has 116 valence electrons. The molecule has 8 heteroatoms. The molecule has 0 bridgehead atoms. The van der Waals surface area contributed by atoms with Gasteiger partial charge in [-0.3, -0.25) is 9.78 Å². The molecule has 0 aliphatic carbocycles. The standard InChI is InChI=1S/C13H14BrF3N2O2/c14-10-7-18-5-2-11(10)21-9-3-6-19(8-9)12(20)1-4-13(15,16)17/h2,5,7,9H,1,3-4,6,8H2. The molecular formula is C13H14BrF3N2O2. The summed E-state index contributed by atoms with van der Waals surface area (Å²) in [5, 5.41) is 0. The molecular weight excluding hydrogens is 353 g/mol. The highest BCUT2D eigenvalue weighted by atomic mass is 79.9. The smallest absolute Gasteiger partial charge is 0.389 e. The maximum Gasteiger partial charge on any atom is 0.389 e. The van der Waals surface area contributed by atoms with E-state index in [1.165, 1.54) is 4.90 Å². The van der Waals surface area contributed by atoms with E-state index < -0.39 is 24.9 Å². The lowest BCUT2D eigenvalue weighted by Crippen LogP contribution is -2.31. The Bertz CT molecular complexity index is 510. The van der Waals surface area contributed by atoms with Gasteiger partial charge in [0, 0.05) is 31.8 Å². The normalized spacial score (nSPS) is 18.9. The highest BCUT2D eigenvalue weighted by molar-refractivity contribution is 9.10. The topological polar surface area (TPSA) is 42.4 Å². The van der Waals surface area contributed by atoms with E-state index >= 15 is 0 Å². The number of pyridine rings is 1. The van der Waals surface area contributed by atoms with Crippen LogP contribution >= 0.6 is 15.9 Å². The molecule has 21 heavy (non-hydrogen) atoms. The van der Waals surface area contributed by atoms with E-state index in [0.717, 1.165) is 0 Å². The fraction of sp³-hybridized carbons (Fsp3) is 0.538. The van der Waals surface area contributed by atoms with Gasteiger partial charge in [0.2, 0.25) is 5.91 Å². The van der Waals surface area contributed by atoms with Gasteiger partial charge in [0.1, 0.15) is 11.9 Å². The fourth-order valence-corrected chi connectivity index (χ4v) is 2.44. The van der Waals surface area contributed by atoms with Gasteiger partial charge >= 0.3 is 6.18 Å². The second-order valence-electron chi connectivity index (χ2n) is 4.79. The molecule has 0 spiro atoms. The van der Waals surface area contributed by atoms with Crippen molar-refractivity contribution in [1.82, 2.24) is 9.88 Å². The minimum atomic E-state index is -4.30. The number of amides is 1. The van der Waals surface area contributed by atoms with Crippen LogP contribution in [0.1, 0.15) is 19.3 Å². The number of carbonyl (C=O) groups excluding carboxylic acids is 1. The van der Waals surface area contributed by atoms with Crippen LogP contribution in [0.3, 0.4) is 0 Å². The van der Waals surface area contributed by atoms with Gasteiger partial charge in [0.25, 0.3) is 0 Å². The number of halogens is 4. The summed E-state index contributed by atoms with van der Waals surface area (Å²) in [7, 11) is 0. The van der Waals surface area contributed by atoms with Crippen LogP contribution in [0.15, 0.2) is 22.9 Å². The number of hydrogen-bond acceptors (Lipinski definition) is 3. The average Bonchev–Trinajstić information content (AvgIpc) is 2.86. The average molecular weight is 367 g/mol. The van der Waals surface area contributed by atoms with Gasteiger partial charge < -0.3 is 9.64 Å². The summed E-state index contributed by atoms with van der Waals surface area (Å²) >= 11 is 3.30. The molecule has 1 aromatic rings. The number of alkyl halides is 3. The van der Waals surface area contributed by atoms with Gasteiger partial charge in [-0.05, 0) is 22.0 Å². The lowest BCUT2D eigenvalue weighted by molar-refractivity contribution is -0.148. The zero-order valence-electron chi connectivity index (χ0n) is 11.1. The van der Waals surface area contributed by atoms with E-state index in [1.807, 2.05) is 0 Å². The second-order valence-corrected chi connectivity index (χ2v) is 5.64. The van der Waals surface area contributed by atoms with E-state index in [1.54, 1.807) is 18.5 Å². The van der Waals surface area contributed by atoms with Gasteiger partial charge in [0.15, 0.2) is 0 Å².